The van der Waals surface area contributed by atoms with Crippen LogP contribution in [0.15, 0.2) is 36.4 Å². The number of nitrogen functional groups attached to an aromatic ring is 1. The summed E-state index contributed by atoms with van der Waals surface area (Å²) < 4.78 is 39.3. The number of anilines is 1. The highest BCUT2D eigenvalue weighted by Crippen LogP contribution is 2.29. The van der Waals surface area contributed by atoms with Gasteiger partial charge in [-0.05, 0) is 36.8 Å². The molecule has 2 aromatic heterocycles. The predicted molar refractivity (Wildman–Crippen MR) is 77.2 cm³/mol. The summed E-state index contributed by atoms with van der Waals surface area (Å²) in [6.07, 6.45) is -4.33. The van der Waals surface area contributed by atoms with Crippen LogP contribution in [0.25, 0.3) is 11.0 Å². The largest absolute Gasteiger partial charge is 0.416 e. The van der Waals surface area contributed by atoms with Crippen LogP contribution >= 0.6 is 0 Å². The zero-order valence-electron chi connectivity index (χ0n) is 11.7. The Morgan fingerprint density at radius 3 is 2.41 bits per heavy atom. The minimum atomic E-state index is -4.33. The number of fused-ring (bicyclic) bond motifs is 1. The first-order valence-corrected chi connectivity index (χ1v) is 6.60. The highest BCUT2D eigenvalue weighted by Gasteiger charge is 2.29. The molecule has 0 aliphatic heterocycles. The van der Waals surface area contributed by atoms with Crippen molar-refractivity contribution in [3.05, 3.63) is 53.2 Å². The first-order chi connectivity index (χ1) is 10.3. The third kappa shape index (κ3) is 2.61. The maximum atomic E-state index is 12.6. The molecule has 0 bridgehead atoms. The van der Waals surface area contributed by atoms with E-state index in [0.717, 1.165) is 23.2 Å². The normalized spacial score (nSPS) is 12.0. The minimum absolute atomic E-state index is 0.308. The highest BCUT2D eigenvalue weighted by atomic mass is 19.4. The van der Waals surface area contributed by atoms with E-state index in [9.17, 15) is 13.2 Å². The fraction of sp³-hybridized carbons (Fsp3) is 0.200. The highest BCUT2D eigenvalue weighted by molar-refractivity contribution is 5.86. The van der Waals surface area contributed by atoms with E-state index in [-0.39, 0.29) is 0 Å². The van der Waals surface area contributed by atoms with E-state index in [2.05, 4.69) is 10.1 Å². The Hall–Kier alpha value is -2.57. The van der Waals surface area contributed by atoms with Gasteiger partial charge in [-0.15, -0.1) is 0 Å². The zero-order valence-corrected chi connectivity index (χ0v) is 11.7. The second-order valence-electron chi connectivity index (χ2n) is 5.06. The van der Waals surface area contributed by atoms with Gasteiger partial charge < -0.3 is 5.73 Å². The van der Waals surface area contributed by atoms with Crippen molar-refractivity contribution in [1.29, 1.82) is 0 Å². The zero-order chi connectivity index (χ0) is 15.9. The van der Waals surface area contributed by atoms with Crippen LogP contribution in [0.3, 0.4) is 0 Å². The van der Waals surface area contributed by atoms with Crippen molar-refractivity contribution in [2.24, 2.45) is 0 Å². The summed E-state index contributed by atoms with van der Waals surface area (Å²) in [7, 11) is 0. The number of benzene rings is 1. The van der Waals surface area contributed by atoms with E-state index < -0.39 is 11.7 Å². The van der Waals surface area contributed by atoms with Crippen LogP contribution in [0.5, 0.6) is 0 Å². The van der Waals surface area contributed by atoms with Crippen LogP contribution in [0.4, 0.5) is 19.0 Å². The van der Waals surface area contributed by atoms with Crippen LogP contribution in [0.2, 0.25) is 0 Å². The van der Waals surface area contributed by atoms with Crippen molar-refractivity contribution < 1.29 is 13.2 Å². The number of pyridine rings is 1. The molecule has 0 aliphatic rings. The van der Waals surface area contributed by atoms with Gasteiger partial charge in [0.05, 0.1) is 17.5 Å². The molecule has 0 spiro atoms. The summed E-state index contributed by atoms with van der Waals surface area (Å²) in [6.45, 7) is 2.16. The number of nitrogens with zero attached hydrogens (tertiary/aromatic N) is 3. The maximum Gasteiger partial charge on any atom is 0.416 e. The van der Waals surface area contributed by atoms with Gasteiger partial charge in [-0.1, -0.05) is 12.1 Å². The molecule has 2 heterocycles. The van der Waals surface area contributed by atoms with Crippen LogP contribution in [-0.4, -0.2) is 14.8 Å². The molecule has 3 aromatic rings. The molecule has 114 valence electrons. The number of hydrogen-bond acceptors (Lipinski definition) is 3. The number of aryl methyl sites for hydroxylation is 1. The monoisotopic (exact) mass is 306 g/mol. The maximum absolute atomic E-state index is 12.6. The number of aromatic nitrogens is 3. The Morgan fingerprint density at radius 2 is 1.77 bits per heavy atom. The Bertz CT molecular complexity index is 819. The second kappa shape index (κ2) is 5.01. The van der Waals surface area contributed by atoms with E-state index in [4.69, 9.17) is 5.73 Å². The third-order valence-electron chi connectivity index (χ3n) is 3.38. The van der Waals surface area contributed by atoms with Gasteiger partial charge >= 0.3 is 6.18 Å². The lowest BCUT2D eigenvalue weighted by Crippen LogP contribution is -2.06. The molecule has 2 N–H and O–H groups in total. The molecule has 4 nitrogen and oxygen atoms in total. The second-order valence-corrected chi connectivity index (χ2v) is 5.06. The van der Waals surface area contributed by atoms with Gasteiger partial charge in [0.2, 0.25) is 0 Å². The molecule has 22 heavy (non-hydrogen) atoms. The lowest BCUT2D eigenvalue weighted by molar-refractivity contribution is -0.137. The molecule has 1 aromatic carbocycles. The van der Waals surface area contributed by atoms with Crippen LogP contribution in [0, 0.1) is 6.92 Å². The van der Waals surface area contributed by atoms with E-state index in [1.807, 2.05) is 19.1 Å². The van der Waals surface area contributed by atoms with Crippen molar-refractivity contribution in [2.75, 3.05) is 5.73 Å². The van der Waals surface area contributed by atoms with E-state index in [1.54, 1.807) is 4.68 Å². The van der Waals surface area contributed by atoms with Gasteiger partial charge in [0.15, 0.2) is 11.5 Å². The van der Waals surface area contributed by atoms with E-state index >= 15 is 0 Å². The average Bonchev–Trinajstić information content (AvgIpc) is 2.74. The molecule has 0 amide bonds. The summed E-state index contributed by atoms with van der Waals surface area (Å²) in [4.78, 5) is 4.39. The molecule has 0 unspecified atom stereocenters. The van der Waals surface area contributed by atoms with Gasteiger partial charge in [-0.25, -0.2) is 9.67 Å². The summed E-state index contributed by atoms with van der Waals surface area (Å²) in [5, 5.41) is 4.94. The molecule has 3 rings (SSSR count). The fourth-order valence-electron chi connectivity index (χ4n) is 2.25. The lowest BCUT2D eigenvalue weighted by atomic mass is 10.1. The molecular formula is C15H13F3N4. The summed E-state index contributed by atoms with van der Waals surface area (Å²) in [5.41, 5.74) is 7.31. The van der Waals surface area contributed by atoms with Gasteiger partial charge in [0.1, 0.15) is 0 Å². The van der Waals surface area contributed by atoms with Gasteiger partial charge in [0.25, 0.3) is 0 Å². The Labute approximate surface area is 124 Å². The quantitative estimate of drug-likeness (QED) is 0.789. The summed E-state index contributed by atoms with van der Waals surface area (Å²) >= 11 is 0. The number of halogens is 3. The molecule has 0 radical (unpaired) electrons. The number of nitrogens with two attached hydrogens (primary N) is 1. The minimum Gasteiger partial charge on any atom is -0.382 e. The van der Waals surface area contributed by atoms with Crippen LogP contribution in [-0.2, 0) is 12.7 Å². The van der Waals surface area contributed by atoms with Gasteiger partial charge in [-0.2, -0.15) is 18.3 Å². The molecule has 0 aliphatic carbocycles. The van der Waals surface area contributed by atoms with E-state index in [1.165, 1.54) is 12.1 Å². The molecule has 0 atom stereocenters. The fourth-order valence-corrected chi connectivity index (χ4v) is 2.25. The Balaban J connectivity index is 1.95. The predicted octanol–water partition coefficient (Wildman–Crippen LogP) is 3.39. The number of rotatable bonds is 2. The molecule has 0 fully saturated rings. The standard InChI is InChI=1S/C15H13F3N4/c1-9-2-7-12-13(19)21-22(14(12)20-9)8-10-3-5-11(6-4-10)15(16,17)18/h2-7H,8H2,1H3,(H2,19,21). The van der Waals surface area contributed by atoms with Crippen LogP contribution < -0.4 is 5.73 Å². The topological polar surface area (TPSA) is 56.7 Å². The Kier molecular flexibility index (Phi) is 3.27. The van der Waals surface area contributed by atoms with Crippen molar-refractivity contribution in [3.8, 4) is 0 Å². The summed E-state index contributed by atoms with van der Waals surface area (Å²) in [6, 6.07) is 8.66. The van der Waals surface area contributed by atoms with Crippen molar-refractivity contribution in [2.45, 2.75) is 19.6 Å². The van der Waals surface area contributed by atoms with Crippen molar-refractivity contribution >= 4 is 16.9 Å². The molecule has 7 heteroatoms. The Morgan fingerprint density at radius 1 is 1.09 bits per heavy atom. The van der Waals surface area contributed by atoms with Crippen molar-refractivity contribution in [3.63, 3.8) is 0 Å². The van der Waals surface area contributed by atoms with Gasteiger partial charge in [0, 0.05) is 5.69 Å². The first kappa shape index (κ1) is 14.4. The van der Waals surface area contributed by atoms with Crippen molar-refractivity contribution in [1.82, 2.24) is 14.8 Å². The number of hydrogen-bond donors (Lipinski definition) is 1. The SMILES string of the molecule is Cc1ccc2c(N)nn(Cc3ccc(C(F)(F)F)cc3)c2n1. The first-order valence-electron chi connectivity index (χ1n) is 6.60. The van der Waals surface area contributed by atoms with E-state index in [0.29, 0.717) is 23.6 Å². The average molecular weight is 306 g/mol. The molecular weight excluding hydrogens is 293 g/mol. The lowest BCUT2D eigenvalue weighted by Gasteiger charge is -2.08. The van der Waals surface area contributed by atoms with Gasteiger partial charge in [-0.3, -0.25) is 0 Å². The number of alkyl halides is 3. The molecule has 0 saturated heterocycles. The molecule has 0 saturated carbocycles. The van der Waals surface area contributed by atoms with Crippen LogP contribution in [0.1, 0.15) is 16.8 Å². The smallest absolute Gasteiger partial charge is 0.382 e. The summed E-state index contributed by atoms with van der Waals surface area (Å²) in [5.74, 6) is 0.356. The third-order valence-corrected chi connectivity index (χ3v) is 3.38.